The van der Waals surface area contributed by atoms with Crippen molar-refractivity contribution in [2.24, 2.45) is 0 Å². The van der Waals surface area contributed by atoms with Crippen LogP contribution in [0, 0.1) is 0 Å². The fourth-order valence-electron chi connectivity index (χ4n) is 5.03. The summed E-state index contributed by atoms with van der Waals surface area (Å²) in [6, 6.07) is 24.9. The number of likely N-dealkylation sites (tertiary alicyclic amines) is 1. The molecule has 3 aromatic rings. The molecule has 5 nitrogen and oxygen atoms in total. The number of rotatable bonds is 4. The molecule has 2 aliphatic rings. The van der Waals surface area contributed by atoms with Gasteiger partial charge >= 0.3 is 12.1 Å². The smallest absolute Gasteiger partial charge is 0.410 e. The number of hydrogen-bond acceptors (Lipinski definition) is 3. The maximum Gasteiger partial charge on any atom is 0.410 e. The van der Waals surface area contributed by atoms with Gasteiger partial charge in [0.2, 0.25) is 0 Å². The lowest BCUT2D eigenvalue weighted by molar-refractivity contribution is -0.142. The lowest BCUT2D eigenvalue weighted by Gasteiger charge is -2.25. The van der Waals surface area contributed by atoms with Gasteiger partial charge in [-0.15, -0.1) is 0 Å². The zero-order valence-corrected chi connectivity index (χ0v) is 17.0. The number of benzene rings is 3. The van der Waals surface area contributed by atoms with Crippen molar-refractivity contribution in [2.45, 2.75) is 24.3 Å². The Balaban J connectivity index is 1.35. The van der Waals surface area contributed by atoms with Gasteiger partial charge in [0.05, 0.1) is 0 Å². The molecule has 156 valence electrons. The van der Waals surface area contributed by atoms with Crippen molar-refractivity contribution in [3.05, 3.63) is 95.6 Å². The topological polar surface area (TPSA) is 66.8 Å². The summed E-state index contributed by atoms with van der Waals surface area (Å²) in [7, 11) is 0. The molecule has 0 aromatic heterocycles. The van der Waals surface area contributed by atoms with Crippen LogP contribution in [0.5, 0.6) is 0 Å². The van der Waals surface area contributed by atoms with Crippen LogP contribution in [-0.4, -0.2) is 41.3 Å². The molecule has 1 aliphatic carbocycles. The number of fused-ring (bicyclic) bond motifs is 3. The van der Waals surface area contributed by atoms with E-state index in [1.807, 2.05) is 54.6 Å². The van der Waals surface area contributed by atoms with Gasteiger partial charge < -0.3 is 9.84 Å². The van der Waals surface area contributed by atoms with Crippen molar-refractivity contribution in [3.63, 3.8) is 0 Å². The lowest BCUT2D eigenvalue weighted by atomic mass is 9.92. The minimum Gasteiger partial charge on any atom is -0.480 e. The third kappa shape index (κ3) is 3.36. The summed E-state index contributed by atoms with van der Waals surface area (Å²) in [5.41, 5.74) is 5.52. The van der Waals surface area contributed by atoms with Gasteiger partial charge in [-0.1, -0.05) is 78.9 Å². The first-order valence-corrected chi connectivity index (χ1v) is 10.5. The van der Waals surface area contributed by atoms with Crippen LogP contribution in [0.25, 0.3) is 11.1 Å². The number of ether oxygens (including phenoxy) is 1. The van der Waals surface area contributed by atoms with Crippen molar-refractivity contribution in [1.82, 2.24) is 4.90 Å². The molecule has 3 aromatic carbocycles. The van der Waals surface area contributed by atoms with Crippen LogP contribution in [0.3, 0.4) is 0 Å². The Morgan fingerprint density at radius 2 is 1.45 bits per heavy atom. The number of aliphatic carboxylic acids is 1. The van der Waals surface area contributed by atoms with Gasteiger partial charge in [0.15, 0.2) is 0 Å². The quantitative estimate of drug-likeness (QED) is 0.662. The number of carbonyl (C=O) groups is 2. The molecule has 0 radical (unpaired) electrons. The minimum absolute atomic E-state index is 0.0489. The van der Waals surface area contributed by atoms with E-state index >= 15 is 0 Å². The second-order valence-electron chi connectivity index (χ2n) is 8.09. The normalized spacial score (nSPS) is 19.7. The van der Waals surface area contributed by atoms with E-state index in [0.29, 0.717) is 13.0 Å². The molecule has 2 atom stereocenters. The van der Waals surface area contributed by atoms with Crippen LogP contribution in [0.4, 0.5) is 4.79 Å². The molecule has 0 bridgehead atoms. The second-order valence-corrected chi connectivity index (χ2v) is 8.09. The van der Waals surface area contributed by atoms with Gasteiger partial charge in [-0.2, -0.15) is 0 Å². The highest BCUT2D eigenvalue weighted by atomic mass is 16.6. The fourth-order valence-corrected chi connectivity index (χ4v) is 5.03. The van der Waals surface area contributed by atoms with E-state index in [0.717, 1.165) is 27.8 Å². The summed E-state index contributed by atoms with van der Waals surface area (Å²) in [6.07, 6.45) is 0.0400. The average Bonchev–Trinajstić information content (AvgIpc) is 3.38. The zero-order valence-electron chi connectivity index (χ0n) is 17.0. The lowest BCUT2D eigenvalue weighted by Crippen LogP contribution is -2.43. The van der Waals surface area contributed by atoms with Gasteiger partial charge in [-0.25, -0.2) is 9.59 Å². The number of carbonyl (C=O) groups excluding carboxylic acids is 1. The molecule has 1 heterocycles. The number of carboxylic acids is 1. The summed E-state index contributed by atoms with van der Waals surface area (Å²) in [5, 5.41) is 9.85. The van der Waals surface area contributed by atoms with E-state index in [4.69, 9.17) is 4.74 Å². The van der Waals surface area contributed by atoms with E-state index in [9.17, 15) is 14.7 Å². The minimum atomic E-state index is -1.00. The van der Waals surface area contributed by atoms with Crippen molar-refractivity contribution in [2.75, 3.05) is 13.2 Å². The van der Waals surface area contributed by atoms with Gasteiger partial charge in [-0.05, 0) is 34.2 Å². The summed E-state index contributed by atoms with van der Waals surface area (Å²) in [6.45, 7) is 0.554. The molecule has 5 heteroatoms. The van der Waals surface area contributed by atoms with Crippen LogP contribution in [0.15, 0.2) is 78.9 Å². The first kappa shape index (κ1) is 19.4. The van der Waals surface area contributed by atoms with E-state index in [2.05, 4.69) is 24.3 Å². The molecule has 1 fully saturated rings. The highest BCUT2D eigenvalue weighted by Crippen LogP contribution is 2.44. The Labute approximate surface area is 180 Å². The van der Waals surface area contributed by atoms with Crippen molar-refractivity contribution >= 4 is 12.1 Å². The largest absolute Gasteiger partial charge is 0.480 e. The predicted molar refractivity (Wildman–Crippen MR) is 117 cm³/mol. The maximum absolute atomic E-state index is 13.0. The Bertz CT molecular complexity index is 1080. The highest BCUT2D eigenvalue weighted by molar-refractivity contribution is 5.82. The predicted octanol–water partition coefficient (Wildman–Crippen LogP) is 4.88. The molecule has 1 aliphatic heterocycles. The van der Waals surface area contributed by atoms with E-state index < -0.39 is 18.1 Å². The summed E-state index contributed by atoms with van der Waals surface area (Å²) >= 11 is 0. The first-order valence-electron chi connectivity index (χ1n) is 10.5. The Morgan fingerprint density at radius 3 is 2.06 bits per heavy atom. The summed E-state index contributed by atoms with van der Waals surface area (Å²) in [4.78, 5) is 26.4. The third-order valence-corrected chi connectivity index (χ3v) is 6.45. The van der Waals surface area contributed by atoms with Crippen LogP contribution in [0.2, 0.25) is 0 Å². The molecule has 1 saturated heterocycles. The van der Waals surface area contributed by atoms with Gasteiger partial charge in [-0.3, -0.25) is 4.90 Å². The van der Waals surface area contributed by atoms with Gasteiger partial charge in [0.25, 0.3) is 0 Å². The molecule has 1 N–H and O–H groups in total. The molecule has 0 spiro atoms. The fraction of sp³-hybridized carbons (Fsp3) is 0.231. The summed E-state index contributed by atoms with van der Waals surface area (Å²) in [5.74, 6) is -1.29. The molecule has 0 saturated carbocycles. The van der Waals surface area contributed by atoms with Crippen molar-refractivity contribution in [1.29, 1.82) is 0 Å². The Morgan fingerprint density at radius 1 is 0.871 bits per heavy atom. The van der Waals surface area contributed by atoms with Crippen molar-refractivity contribution < 1.29 is 19.4 Å². The van der Waals surface area contributed by atoms with Crippen LogP contribution in [-0.2, 0) is 9.53 Å². The molecule has 5 rings (SSSR count). The Hall–Kier alpha value is -3.60. The van der Waals surface area contributed by atoms with Crippen LogP contribution in [0.1, 0.15) is 34.9 Å². The van der Waals surface area contributed by atoms with E-state index in [1.54, 1.807) is 0 Å². The monoisotopic (exact) mass is 413 g/mol. The SMILES string of the molecule is O=C(O)[C@@H]1C(c2ccccc2)CCN1C(=O)OCC1c2ccccc2-c2ccccc21. The molecule has 31 heavy (non-hydrogen) atoms. The third-order valence-electron chi connectivity index (χ3n) is 6.45. The molecular formula is C26H23NO4. The zero-order chi connectivity index (χ0) is 21.4. The standard InChI is InChI=1S/C26H23NO4/c28-25(29)24-18(17-8-2-1-3-9-17)14-15-27(24)26(30)31-16-23-21-12-6-4-10-19(21)20-11-5-7-13-22(20)23/h1-13,18,23-24H,14-16H2,(H,28,29)/t18?,24-/m0/s1. The molecule has 1 amide bonds. The van der Waals surface area contributed by atoms with Gasteiger partial charge in [0, 0.05) is 18.4 Å². The number of carboxylic acid groups (broad SMARTS) is 1. The summed E-state index contributed by atoms with van der Waals surface area (Å²) < 4.78 is 5.71. The van der Waals surface area contributed by atoms with Gasteiger partial charge in [0.1, 0.15) is 12.6 Å². The van der Waals surface area contributed by atoms with Crippen LogP contribution < -0.4 is 0 Å². The van der Waals surface area contributed by atoms with E-state index in [1.165, 1.54) is 4.90 Å². The first-order chi connectivity index (χ1) is 15.1. The second kappa shape index (κ2) is 7.91. The molecular weight excluding hydrogens is 390 g/mol. The number of amides is 1. The average molecular weight is 413 g/mol. The Kier molecular flexibility index (Phi) is 4.94. The van der Waals surface area contributed by atoms with E-state index in [-0.39, 0.29) is 18.4 Å². The molecule has 1 unspecified atom stereocenters. The maximum atomic E-state index is 13.0. The van der Waals surface area contributed by atoms with Crippen LogP contribution >= 0.6 is 0 Å². The highest BCUT2D eigenvalue weighted by Gasteiger charge is 2.43. The number of nitrogens with zero attached hydrogens (tertiary/aromatic N) is 1. The van der Waals surface area contributed by atoms with Crippen molar-refractivity contribution in [3.8, 4) is 11.1 Å². The number of hydrogen-bond donors (Lipinski definition) is 1.